The van der Waals surface area contributed by atoms with Gasteiger partial charge in [0.15, 0.2) is 5.78 Å². The number of anilines is 1. The SMILES string of the molecule is Nc1c(C(=O)O)ccc(O)c1C(=O)C=Cc1ccccc1. The second kappa shape index (κ2) is 5.92. The van der Waals surface area contributed by atoms with Crippen LogP contribution in [0.2, 0.25) is 0 Å². The molecule has 0 bridgehead atoms. The van der Waals surface area contributed by atoms with Crippen molar-refractivity contribution in [3.05, 3.63) is 65.2 Å². The van der Waals surface area contributed by atoms with E-state index in [1.165, 1.54) is 6.08 Å². The van der Waals surface area contributed by atoms with Gasteiger partial charge < -0.3 is 15.9 Å². The Bertz CT molecular complexity index is 721. The normalized spacial score (nSPS) is 10.7. The molecule has 0 spiro atoms. The lowest BCUT2D eigenvalue weighted by molar-refractivity contribution is 0.0698. The maximum atomic E-state index is 12.1. The van der Waals surface area contributed by atoms with Crippen molar-refractivity contribution in [3.8, 4) is 5.75 Å². The van der Waals surface area contributed by atoms with Gasteiger partial charge in [-0.15, -0.1) is 0 Å². The van der Waals surface area contributed by atoms with Crippen LogP contribution in [-0.2, 0) is 0 Å². The van der Waals surface area contributed by atoms with Crippen molar-refractivity contribution in [2.45, 2.75) is 0 Å². The highest BCUT2D eigenvalue weighted by atomic mass is 16.4. The van der Waals surface area contributed by atoms with Gasteiger partial charge in [-0.1, -0.05) is 36.4 Å². The number of phenols is 1. The van der Waals surface area contributed by atoms with Crippen molar-refractivity contribution in [2.24, 2.45) is 0 Å². The molecule has 4 N–H and O–H groups in total. The molecule has 5 heteroatoms. The highest BCUT2D eigenvalue weighted by Gasteiger charge is 2.19. The molecular weight excluding hydrogens is 270 g/mol. The van der Waals surface area contributed by atoms with Crippen molar-refractivity contribution in [2.75, 3.05) is 5.73 Å². The van der Waals surface area contributed by atoms with Gasteiger partial charge in [-0.25, -0.2) is 4.79 Å². The lowest BCUT2D eigenvalue weighted by Crippen LogP contribution is -2.08. The van der Waals surface area contributed by atoms with Crippen LogP contribution in [0.25, 0.3) is 6.08 Å². The Morgan fingerprint density at radius 3 is 2.33 bits per heavy atom. The number of aromatic carboxylic acids is 1. The number of carbonyl (C=O) groups is 2. The number of hydrogen-bond donors (Lipinski definition) is 3. The van der Waals surface area contributed by atoms with Gasteiger partial charge in [0.25, 0.3) is 0 Å². The third-order valence-electron chi connectivity index (χ3n) is 2.93. The standard InChI is InChI=1S/C16H13NO4/c17-15-11(16(20)21)7-9-13(19)14(15)12(18)8-6-10-4-2-1-3-5-10/h1-9,19H,17H2,(H,20,21). The van der Waals surface area contributed by atoms with E-state index in [9.17, 15) is 14.7 Å². The first-order valence-corrected chi connectivity index (χ1v) is 6.13. The molecule has 0 aliphatic carbocycles. The summed E-state index contributed by atoms with van der Waals surface area (Å²) in [4.78, 5) is 23.1. The van der Waals surface area contributed by atoms with E-state index in [2.05, 4.69) is 0 Å². The number of carbonyl (C=O) groups excluding carboxylic acids is 1. The van der Waals surface area contributed by atoms with E-state index in [1.54, 1.807) is 18.2 Å². The zero-order valence-corrected chi connectivity index (χ0v) is 11.0. The summed E-state index contributed by atoms with van der Waals surface area (Å²) in [5, 5.41) is 18.7. The Balaban J connectivity index is 2.38. The van der Waals surface area contributed by atoms with Gasteiger partial charge in [-0.05, 0) is 23.8 Å². The van der Waals surface area contributed by atoms with Gasteiger partial charge in [0, 0.05) is 0 Å². The van der Waals surface area contributed by atoms with Crippen LogP contribution in [0.3, 0.4) is 0 Å². The van der Waals surface area contributed by atoms with Crippen LogP contribution in [0.1, 0.15) is 26.3 Å². The molecule has 0 fully saturated rings. The van der Waals surface area contributed by atoms with Crippen molar-refractivity contribution < 1.29 is 19.8 Å². The Morgan fingerprint density at radius 2 is 1.71 bits per heavy atom. The van der Waals surface area contributed by atoms with Crippen LogP contribution in [0.15, 0.2) is 48.5 Å². The Hall–Kier alpha value is -3.08. The van der Waals surface area contributed by atoms with Crippen molar-refractivity contribution >= 4 is 23.5 Å². The monoisotopic (exact) mass is 283 g/mol. The zero-order chi connectivity index (χ0) is 15.4. The molecule has 0 aliphatic heterocycles. The number of allylic oxidation sites excluding steroid dienone is 1. The van der Waals surface area contributed by atoms with Crippen molar-refractivity contribution in [1.29, 1.82) is 0 Å². The summed E-state index contributed by atoms with van der Waals surface area (Å²) in [5.74, 6) is -2.16. The molecule has 106 valence electrons. The van der Waals surface area contributed by atoms with Crippen molar-refractivity contribution in [1.82, 2.24) is 0 Å². The molecule has 0 saturated heterocycles. The largest absolute Gasteiger partial charge is 0.507 e. The smallest absolute Gasteiger partial charge is 0.337 e. The minimum absolute atomic E-state index is 0.206. The predicted molar refractivity (Wildman–Crippen MR) is 79.3 cm³/mol. The molecule has 0 aliphatic rings. The number of nitrogen functional groups attached to an aromatic ring is 1. The van der Waals surface area contributed by atoms with E-state index in [0.29, 0.717) is 0 Å². The molecule has 0 saturated carbocycles. The average molecular weight is 283 g/mol. The molecule has 2 aromatic rings. The number of nitrogens with two attached hydrogens (primary N) is 1. The number of hydrogen-bond acceptors (Lipinski definition) is 4. The van der Waals surface area contributed by atoms with Crippen LogP contribution in [0.4, 0.5) is 5.69 Å². The third-order valence-corrected chi connectivity index (χ3v) is 2.93. The summed E-state index contributed by atoms with van der Waals surface area (Å²) in [6.45, 7) is 0. The number of carboxylic acids is 1. The van der Waals surface area contributed by atoms with Crippen LogP contribution in [-0.4, -0.2) is 22.0 Å². The summed E-state index contributed by atoms with van der Waals surface area (Å²) >= 11 is 0. The Kier molecular flexibility index (Phi) is 4.04. The van der Waals surface area contributed by atoms with Gasteiger partial charge in [0.2, 0.25) is 0 Å². The van der Waals surface area contributed by atoms with Gasteiger partial charge in [-0.3, -0.25) is 4.79 Å². The molecule has 0 unspecified atom stereocenters. The van der Waals surface area contributed by atoms with E-state index >= 15 is 0 Å². The highest BCUT2D eigenvalue weighted by Crippen LogP contribution is 2.28. The Morgan fingerprint density at radius 1 is 1.05 bits per heavy atom. The first kappa shape index (κ1) is 14.3. The zero-order valence-electron chi connectivity index (χ0n) is 11.0. The second-order valence-corrected chi connectivity index (χ2v) is 4.33. The summed E-state index contributed by atoms with van der Waals surface area (Å²) in [6, 6.07) is 11.4. The molecular formula is C16H13NO4. The number of phenolic OH excluding ortho intramolecular Hbond substituents is 1. The predicted octanol–water partition coefficient (Wildman–Crippen LogP) is 2.57. The molecule has 0 atom stereocenters. The fourth-order valence-electron chi connectivity index (χ4n) is 1.87. The molecule has 0 radical (unpaired) electrons. The molecule has 5 nitrogen and oxygen atoms in total. The molecule has 2 rings (SSSR count). The van der Waals surface area contributed by atoms with Gasteiger partial charge in [0.1, 0.15) is 5.75 Å². The summed E-state index contributed by atoms with van der Waals surface area (Å²) < 4.78 is 0. The van der Waals surface area contributed by atoms with Crippen LogP contribution >= 0.6 is 0 Å². The summed E-state index contributed by atoms with van der Waals surface area (Å²) in [7, 11) is 0. The van der Waals surface area contributed by atoms with Gasteiger partial charge >= 0.3 is 5.97 Å². The lowest BCUT2D eigenvalue weighted by Gasteiger charge is -2.07. The maximum Gasteiger partial charge on any atom is 0.337 e. The van der Waals surface area contributed by atoms with Crippen molar-refractivity contribution in [3.63, 3.8) is 0 Å². The summed E-state index contributed by atoms with van der Waals surface area (Å²) in [5.41, 5.74) is 5.79. The topological polar surface area (TPSA) is 101 Å². The van der Waals surface area contributed by atoms with Gasteiger partial charge in [0.05, 0.1) is 16.8 Å². The molecule has 0 amide bonds. The second-order valence-electron chi connectivity index (χ2n) is 4.33. The minimum Gasteiger partial charge on any atom is -0.507 e. The fourth-order valence-corrected chi connectivity index (χ4v) is 1.87. The highest BCUT2D eigenvalue weighted by molar-refractivity contribution is 6.14. The Labute approximate surface area is 121 Å². The molecule has 2 aromatic carbocycles. The first-order chi connectivity index (χ1) is 10.0. The van der Waals surface area contributed by atoms with E-state index in [0.717, 1.165) is 17.7 Å². The quantitative estimate of drug-likeness (QED) is 0.455. The minimum atomic E-state index is -1.26. The number of carboxylic acid groups (broad SMARTS) is 1. The third kappa shape index (κ3) is 3.09. The average Bonchev–Trinajstić information content (AvgIpc) is 2.46. The molecule has 21 heavy (non-hydrogen) atoms. The van der Waals surface area contributed by atoms with E-state index in [1.807, 2.05) is 18.2 Å². The fraction of sp³-hybridized carbons (Fsp3) is 0. The lowest BCUT2D eigenvalue weighted by atomic mass is 10.0. The van der Waals surface area contributed by atoms with Crippen LogP contribution < -0.4 is 5.73 Å². The first-order valence-electron chi connectivity index (χ1n) is 6.13. The van der Waals surface area contributed by atoms with Gasteiger partial charge in [-0.2, -0.15) is 0 Å². The molecule has 0 aromatic heterocycles. The number of aromatic hydroxyl groups is 1. The van der Waals surface area contributed by atoms with Crippen LogP contribution in [0.5, 0.6) is 5.75 Å². The summed E-state index contributed by atoms with van der Waals surface area (Å²) in [6.07, 6.45) is 2.81. The number of benzene rings is 2. The maximum absolute atomic E-state index is 12.1. The number of ketones is 1. The van der Waals surface area contributed by atoms with E-state index in [-0.39, 0.29) is 22.6 Å². The number of rotatable bonds is 4. The van der Waals surface area contributed by atoms with Crippen LogP contribution in [0, 0.1) is 0 Å². The van der Waals surface area contributed by atoms with E-state index in [4.69, 9.17) is 10.8 Å². The van der Waals surface area contributed by atoms with E-state index < -0.39 is 11.8 Å². The molecule has 0 heterocycles.